The molecule has 0 aromatic heterocycles. The second-order valence-electron chi connectivity index (χ2n) is 4.00. The minimum Gasteiger partial charge on any atom is -0.481 e. The van der Waals surface area contributed by atoms with Crippen LogP contribution < -0.4 is 10.6 Å². The van der Waals surface area contributed by atoms with Crippen LogP contribution in [0.4, 0.5) is 4.79 Å². The van der Waals surface area contributed by atoms with E-state index < -0.39 is 11.9 Å². The van der Waals surface area contributed by atoms with E-state index in [0.717, 1.165) is 0 Å². The molecule has 0 rings (SSSR count). The van der Waals surface area contributed by atoms with Crippen LogP contribution in [-0.4, -0.2) is 55.2 Å². The highest BCUT2D eigenvalue weighted by molar-refractivity contribution is 5.73. The van der Waals surface area contributed by atoms with Crippen molar-refractivity contribution in [3.8, 4) is 0 Å². The Morgan fingerprint density at radius 3 is 2.25 bits per heavy atom. The number of carbonyl (C=O) groups excluding carboxylic acids is 1. The highest BCUT2D eigenvalue weighted by Crippen LogP contribution is 2.01. The lowest BCUT2D eigenvalue weighted by Gasteiger charge is -2.18. The Morgan fingerprint density at radius 2 is 1.81 bits per heavy atom. The third kappa shape index (κ3) is 5.55. The smallest absolute Gasteiger partial charge is 0.316 e. The number of nitrogens with zero attached hydrogens (tertiary/aromatic N) is 1. The number of carboxylic acid groups (broad SMARTS) is 1. The molecule has 6 nitrogen and oxygen atoms in total. The van der Waals surface area contributed by atoms with Gasteiger partial charge in [-0.1, -0.05) is 6.92 Å². The molecule has 0 aliphatic rings. The summed E-state index contributed by atoms with van der Waals surface area (Å²) in [5.74, 6) is -1.26. The zero-order chi connectivity index (χ0) is 12.7. The van der Waals surface area contributed by atoms with E-state index >= 15 is 0 Å². The molecule has 0 bridgehead atoms. The lowest BCUT2D eigenvalue weighted by atomic mass is 10.0. The van der Waals surface area contributed by atoms with Crippen molar-refractivity contribution >= 4 is 12.0 Å². The first-order chi connectivity index (χ1) is 7.36. The molecule has 0 spiro atoms. The summed E-state index contributed by atoms with van der Waals surface area (Å²) in [6.45, 7) is 4.50. The van der Waals surface area contributed by atoms with E-state index in [1.807, 2.05) is 6.92 Å². The van der Waals surface area contributed by atoms with Crippen molar-refractivity contribution in [2.24, 2.45) is 5.92 Å². The lowest BCUT2D eigenvalue weighted by Crippen LogP contribution is -2.42. The van der Waals surface area contributed by atoms with E-state index in [1.54, 1.807) is 21.0 Å². The molecule has 16 heavy (non-hydrogen) atoms. The van der Waals surface area contributed by atoms with Crippen LogP contribution in [0.15, 0.2) is 0 Å². The molecule has 0 aliphatic carbocycles. The van der Waals surface area contributed by atoms with Crippen molar-refractivity contribution in [2.45, 2.75) is 19.9 Å². The molecule has 6 heteroatoms. The minimum atomic E-state index is -0.822. The van der Waals surface area contributed by atoms with Gasteiger partial charge in [0.2, 0.25) is 0 Å². The Morgan fingerprint density at radius 1 is 1.25 bits per heavy atom. The van der Waals surface area contributed by atoms with E-state index in [0.29, 0.717) is 13.1 Å². The van der Waals surface area contributed by atoms with Crippen LogP contribution in [0, 0.1) is 5.92 Å². The molecule has 2 amide bonds. The molecule has 0 saturated carbocycles. The second-order valence-corrected chi connectivity index (χ2v) is 4.00. The van der Waals surface area contributed by atoms with Gasteiger partial charge in [0, 0.05) is 33.2 Å². The van der Waals surface area contributed by atoms with Gasteiger partial charge in [-0.3, -0.25) is 4.79 Å². The average molecular weight is 231 g/mol. The van der Waals surface area contributed by atoms with Crippen LogP contribution in [0.25, 0.3) is 0 Å². The Balaban J connectivity index is 3.67. The van der Waals surface area contributed by atoms with E-state index in [4.69, 9.17) is 5.11 Å². The van der Waals surface area contributed by atoms with Crippen molar-refractivity contribution in [3.63, 3.8) is 0 Å². The number of carboxylic acids is 1. The maximum atomic E-state index is 11.1. The van der Waals surface area contributed by atoms with E-state index in [9.17, 15) is 9.59 Å². The third-order valence-corrected chi connectivity index (χ3v) is 2.41. The molecule has 2 unspecified atom stereocenters. The second kappa shape index (κ2) is 7.05. The summed E-state index contributed by atoms with van der Waals surface area (Å²) < 4.78 is 0. The largest absolute Gasteiger partial charge is 0.481 e. The number of hydrogen-bond donors (Lipinski definition) is 3. The van der Waals surface area contributed by atoms with Gasteiger partial charge in [0.1, 0.15) is 0 Å². The molecular formula is C10H21N3O3. The van der Waals surface area contributed by atoms with Crippen LogP contribution >= 0.6 is 0 Å². The summed E-state index contributed by atoms with van der Waals surface area (Å²) in [7, 11) is 3.33. The van der Waals surface area contributed by atoms with E-state index in [-0.39, 0.29) is 12.1 Å². The first-order valence-corrected chi connectivity index (χ1v) is 5.27. The fourth-order valence-corrected chi connectivity index (χ4v) is 1.02. The Hall–Kier alpha value is -1.30. The Kier molecular flexibility index (Phi) is 6.48. The average Bonchev–Trinajstić information content (AvgIpc) is 2.22. The topological polar surface area (TPSA) is 81.7 Å². The van der Waals surface area contributed by atoms with Crippen LogP contribution in [0.2, 0.25) is 0 Å². The quantitative estimate of drug-likeness (QED) is 0.560. The summed E-state index contributed by atoms with van der Waals surface area (Å²) in [6, 6.07) is -0.269. The van der Waals surface area contributed by atoms with Crippen LogP contribution in [-0.2, 0) is 4.79 Å². The van der Waals surface area contributed by atoms with Crippen molar-refractivity contribution in [2.75, 3.05) is 27.2 Å². The van der Waals surface area contributed by atoms with Gasteiger partial charge in [0.15, 0.2) is 0 Å². The molecule has 0 heterocycles. The van der Waals surface area contributed by atoms with Gasteiger partial charge in [-0.2, -0.15) is 0 Å². The zero-order valence-electron chi connectivity index (χ0n) is 10.3. The molecule has 2 atom stereocenters. The van der Waals surface area contributed by atoms with Gasteiger partial charge < -0.3 is 20.6 Å². The van der Waals surface area contributed by atoms with Gasteiger partial charge in [-0.05, 0) is 6.92 Å². The molecule has 0 aliphatic heterocycles. The number of urea groups is 1. The molecule has 0 radical (unpaired) electrons. The number of carbonyl (C=O) groups is 2. The highest BCUT2D eigenvalue weighted by Gasteiger charge is 2.18. The summed E-state index contributed by atoms with van der Waals surface area (Å²) in [5, 5.41) is 14.5. The standard InChI is InChI=1S/C10H21N3O3/c1-7(9(14)15)8(2)11-5-6-12-10(16)13(3)4/h7-8,11H,5-6H2,1-4H3,(H,12,16)(H,14,15). The Bertz CT molecular complexity index is 243. The van der Waals surface area contributed by atoms with Gasteiger partial charge in [0.25, 0.3) is 0 Å². The number of hydrogen-bond acceptors (Lipinski definition) is 3. The van der Waals surface area contributed by atoms with Crippen LogP contribution in [0.5, 0.6) is 0 Å². The van der Waals surface area contributed by atoms with Crippen molar-refractivity contribution in [1.29, 1.82) is 0 Å². The third-order valence-electron chi connectivity index (χ3n) is 2.41. The normalized spacial score (nSPS) is 14.0. The van der Waals surface area contributed by atoms with Gasteiger partial charge in [-0.25, -0.2) is 4.79 Å². The lowest BCUT2D eigenvalue weighted by molar-refractivity contribution is -0.141. The summed E-state index contributed by atoms with van der Waals surface area (Å²) in [6.07, 6.45) is 0. The predicted octanol–water partition coefficient (Wildman–Crippen LogP) is -0.0436. The van der Waals surface area contributed by atoms with Crippen LogP contribution in [0.1, 0.15) is 13.8 Å². The molecule has 0 aromatic carbocycles. The molecule has 0 aromatic rings. The minimum absolute atomic E-state index is 0.117. The number of nitrogens with one attached hydrogen (secondary N) is 2. The molecular weight excluding hydrogens is 210 g/mol. The SMILES string of the molecule is CC(NCCNC(=O)N(C)C)C(C)C(=O)O. The van der Waals surface area contributed by atoms with Crippen molar-refractivity contribution in [3.05, 3.63) is 0 Å². The van der Waals surface area contributed by atoms with E-state index in [1.165, 1.54) is 4.90 Å². The number of amides is 2. The van der Waals surface area contributed by atoms with Gasteiger partial charge >= 0.3 is 12.0 Å². The van der Waals surface area contributed by atoms with E-state index in [2.05, 4.69) is 10.6 Å². The first kappa shape index (κ1) is 14.7. The van der Waals surface area contributed by atoms with Gasteiger partial charge in [0.05, 0.1) is 5.92 Å². The Labute approximate surface area is 96.0 Å². The number of aliphatic carboxylic acids is 1. The summed E-state index contributed by atoms with van der Waals surface area (Å²) >= 11 is 0. The monoisotopic (exact) mass is 231 g/mol. The molecule has 3 N–H and O–H groups in total. The molecule has 0 fully saturated rings. The highest BCUT2D eigenvalue weighted by atomic mass is 16.4. The number of rotatable bonds is 6. The molecule has 0 saturated heterocycles. The first-order valence-electron chi connectivity index (χ1n) is 5.27. The van der Waals surface area contributed by atoms with Crippen molar-refractivity contribution < 1.29 is 14.7 Å². The molecule has 94 valence electrons. The van der Waals surface area contributed by atoms with Gasteiger partial charge in [-0.15, -0.1) is 0 Å². The maximum absolute atomic E-state index is 11.1. The predicted molar refractivity (Wildman–Crippen MR) is 61.4 cm³/mol. The summed E-state index contributed by atoms with van der Waals surface area (Å²) in [4.78, 5) is 23.2. The van der Waals surface area contributed by atoms with Crippen LogP contribution in [0.3, 0.4) is 0 Å². The summed E-state index contributed by atoms with van der Waals surface area (Å²) in [5.41, 5.74) is 0. The van der Waals surface area contributed by atoms with Crippen molar-refractivity contribution in [1.82, 2.24) is 15.5 Å². The fourth-order valence-electron chi connectivity index (χ4n) is 1.02. The fraction of sp³-hybridized carbons (Fsp3) is 0.800. The zero-order valence-corrected chi connectivity index (χ0v) is 10.3. The maximum Gasteiger partial charge on any atom is 0.316 e.